The van der Waals surface area contributed by atoms with Crippen LogP contribution in [0.1, 0.15) is 12.0 Å². The Morgan fingerprint density at radius 1 is 1.05 bits per heavy atom. The van der Waals surface area contributed by atoms with Gasteiger partial charge in [0.05, 0.1) is 19.8 Å². The minimum atomic E-state index is 0.387. The third kappa shape index (κ3) is 3.69. The molecule has 1 heterocycles. The number of nitrogens with one attached hydrogen (secondary N) is 1. The molecular weight excluding hydrogens is 278 g/mol. The zero-order chi connectivity index (χ0) is 15.2. The molecule has 0 spiro atoms. The van der Waals surface area contributed by atoms with Crippen LogP contribution in [0.5, 0.6) is 11.5 Å². The van der Waals surface area contributed by atoms with Gasteiger partial charge in [0, 0.05) is 12.1 Å². The minimum absolute atomic E-state index is 0.387. The normalized spacial score (nSPS) is 14.3. The molecule has 0 saturated carbocycles. The molecule has 0 unspecified atom stereocenters. The third-order valence-corrected chi connectivity index (χ3v) is 3.29. The van der Waals surface area contributed by atoms with Gasteiger partial charge in [-0.2, -0.15) is 0 Å². The van der Waals surface area contributed by atoms with E-state index in [0.717, 1.165) is 29.2 Å². The van der Waals surface area contributed by atoms with Crippen molar-refractivity contribution < 1.29 is 9.47 Å². The highest BCUT2D eigenvalue weighted by Gasteiger charge is 2.10. The van der Waals surface area contributed by atoms with Crippen molar-refractivity contribution in [3.05, 3.63) is 54.1 Å². The van der Waals surface area contributed by atoms with Crippen LogP contribution in [0.2, 0.25) is 0 Å². The van der Waals surface area contributed by atoms with Gasteiger partial charge in [0.2, 0.25) is 0 Å². The first-order valence-electron chi connectivity index (χ1n) is 7.32. The SMILES string of the molecule is NC(=NCc1ccc2c(c1)OCCCO2)Nc1ccccc1. The predicted molar refractivity (Wildman–Crippen MR) is 87.4 cm³/mol. The van der Waals surface area contributed by atoms with Gasteiger partial charge >= 0.3 is 0 Å². The molecule has 22 heavy (non-hydrogen) atoms. The molecule has 0 saturated heterocycles. The number of hydrogen-bond donors (Lipinski definition) is 2. The van der Waals surface area contributed by atoms with E-state index in [1.807, 2.05) is 48.5 Å². The van der Waals surface area contributed by atoms with Crippen molar-refractivity contribution in [2.24, 2.45) is 10.7 Å². The molecule has 0 amide bonds. The number of fused-ring (bicyclic) bond motifs is 1. The van der Waals surface area contributed by atoms with E-state index in [0.29, 0.717) is 25.7 Å². The molecule has 1 aliphatic rings. The lowest BCUT2D eigenvalue weighted by Gasteiger charge is -2.09. The topological polar surface area (TPSA) is 68.9 Å². The Labute approximate surface area is 129 Å². The summed E-state index contributed by atoms with van der Waals surface area (Å²) in [5, 5.41) is 3.06. The van der Waals surface area contributed by atoms with E-state index in [2.05, 4.69) is 10.3 Å². The lowest BCUT2D eigenvalue weighted by Crippen LogP contribution is -2.22. The Morgan fingerprint density at radius 3 is 2.64 bits per heavy atom. The third-order valence-electron chi connectivity index (χ3n) is 3.29. The number of para-hydroxylation sites is 1. The quantitative estimate of drug-likeness (QED) is 0.675. The van der Waals surface area contributed by atoms with Crippen molar-refractivity contribution in [2.45, 2.75) is 13.0 Å². The van der Waals surface area contributed by atoms with Gasteiger partial charge < -0.3 is 20.5 Å². The number of benzene rings is 2. The fraction of sp³-hybridized carbons (Fsp3) is 0.235. The average molecular weight is 297 g/mol. The van der Waals surface area contributed by atoms with E-state index < -0.39 is 0 Å². The Kier molecular flexibility index (Phi) is 4.44. The second kappa shape index (κ2) is 6.85. The van der Waals surface area contributed by atoms with Crippen molar-refractivity contribution in [3.63, 3.8) is 0 Å². The van der Waals surface area contributed by atoms with Crippen LogP contribution < -0.4 is 20.5 Å². The van der Waals surface area contributed by atoms with Crippen LogP contribution in [0, 0.1) is 0 Å². The molecule has 0 radical (unpaired) electrons. The molecular formula is C17H19N3O2. The molecule has 5 nitrogen and oxygen atoms in total. The van der Waals surface area contributed by atoms with Crippen molar-refractivity contribution in [3.8, 4) is 11.5 Å². The maximum Gasteiger partial charge on any atom is 0.193 e. The van der Waals surface area contributed by atoms with Crippen molar-refractivity contribution in [2.75, 3.05) is 18.5 Å². The largest absolute Gasteiger partial charge is 0.490 e. The van der Waals surface area contributed by atoms with Crippen molar-refractivity contribution in [1.82, 2.24) is 0 Å². The van der Waals surface area contributed by atoms with Crippen molar-refractivity contribution >= 4 is 11.6 Å². The first kappa shape index (κ1) is 14.3. The van der Waals surface area contributed by atoms with Crippen LogP contribution in [0.25, 0.3) is 0 Å². The molecule has 2 aromatic rings. The number of ether oxygens (including phenoxy) is 2. The summed E-state index contributed by atoms with van der Waals surface area (Å²) in [6, 6.07) is 15.6. The molecule has 3 rings (SSSR count). The van der Waals surface area contributed by atoms with Gasteiger partial charge in [-0.05, 0) is 29.8 Å². The molecule has 1 aliphatic heterocycles. The summed E-state index contributed by atoms with van der Waals surface area (Å²) in [5.74, 6) is 1.96. The summed E-state index contributed by atoms with van der Waals surface area (Å²) in [7, 11) is 0. The number of hydrogen-bond acceptors (Lipinski definition) is 3. The fourth-order valence-corrected chi connectivity index (χ4v) is 2.19. The maximum atomic E-state index is 5.90. The van der Waals surface area contributed by atoms with Crippen LogP contribution in [0.15, 0.2) is 53.5 Å². The number of aliphatic imine (C=N–C) groups is 1. The molecule has 2 aromatic carbocycles. The number of anilines is 1. The van der Waals surface area contributed by atoms with Gasteiger partial charge in [-0.1, -0.05) is 24.3 Å². The van der Waals surface area contributed by atoms with Crippen LogP contribution in [0.4, 0.5) is 5.69 Å². The monoisotopic (exact) mass is 297 g/mol. The van der Waals surface area contributed by atoms with Crippen LogP contribution in [-0.4, -0.2) is 19.2 Å². The van der Waals surface area contributed by atoms with Gasteiger partial charge in [0.15, 0.2) is 17.5 Å². The first-order chi connectivity index (χ1) is 10.8. The Balaban J connectivity index is 1.65. The lowest BCUT2D eigenvalue weighted by atomic mass is 10.2. The lowest BCUT2D eigenvalue weighted by molar-refractivity contribution is 0.297. The number of nitrogens with two attached hydrogens (primary N) is 1. The van der Waals surface area contributed by atoms with Crippen LogP contribution >= 0.6 is 0 Å². The van der Waals surface area contributed by atoms with Gasteiger partial charge in [0.25, 0.3) is 0 Å². The van der Waals surface area contributed by atoms with E-state index >= 15 is 0 Å². The second-order valence-corrected chi connectivity index (χ2v) is 5.02. The summed E-state index contributed by atoms with van der Waals surface area (Å²) in [4.78, 5) is 4.35. The molecule has 5 heteroatoms. The smallest absolute Gasteiger partial charge is 0.193 e. The number of nitrogens with zero attached hydrogens (tertiary/aromatic N) is 1. The van der Waals surface area contributed by atoms with Gasteiger partial charge in [-0.25, -0.2) is 4.99 Å². The Morgan fingerprint density at radius 2 is 1.82 bits per heavy atom. The highest BCUT2D eigenvalue weighted by Crippen LogP contribution is 2.30. The summed E-state index contributed by atoms with van der Waals surface area (Å²) < 4.78 is 11.3. The summed E-state index contributed by atoms with van der Waals surface area (Å²) >= 11 is 0. The first-order valence-corrected chi connectivity index (χ1v) is 7.32. The highest BCUT2D eigenvalue weighted by atomic mass is 16.5. The molecule has 0 fully saturated rings. The second-order valence-electron chi connectivity index (χ2n) is 5.02. The summed E-state index contributed by atoms with van der Waals surface area (Å²) in [6.07, 6.45) is 0.899. The van der Waals surface area contributed by atoms with E-state index in [1.165, 1.54) is 0 Å². The highest BCUT2D eigenvalue weighted by molar-refractivity contribution is 5.92. The summed E-state index contributed by atoms with van der Waals surface area (Å²) in [6.45, 7) is 1.86. The molecule has 3 N–H and O–H groups in total. The Hall–Kier alpha value is -2.69. The van der Waals surface area contributed by atoms with E-state index in [1.54, 1.807) is 0 Å². The molecule has 0 atom stereocenters. The van der Waals surface area contributed by atoms with Gasteiger partial charge in [-0.15, -0.1) is 0 Å². The van der Waals surface area contributed by atoms with E-state index in [-0.39, 0.29) is 0 Å². The molecule has 0 bridgehead atoms. The Bertz CT molecular complexity index is 656. The summed E-state index contributed by atoms with van der Waals surface area (Å²) in [5.41, 5.74) is 7.85. The molecule has 0 aromatic heterocycles. The average Bonchev–Trinajstić information content (AvgIpc) is 2.78. The molecule has 0 aliphatic carbocycles. The predicted octanol–water partition coefficient (Wildman–Crippen LogP) is 2.77. The standard InChI is InChI=1S/C17H19N3O2/c18-17(20-14-5-2-1-3-6-14)19-12-13-7-8-15-16(11-13)22-10-4-9-21-15/h1-3,5-8,11H,4,9-10,12H2,(H3,18,19,20). The maximum absolute atomic E-state index is 5.90. The van der Waals surface area contributed by atoms with Crippen molar-refractivity contribution in [1.29, 1.82) is 0 Å². The number of rotatable bonds is 3. The van der Waals surface area contributed by atoms with Gasteiger partial charge in [0.1, 0.15) is 0 Å². The zero-order valence-electron chi connectivity index (χ0n) is 12.3. The minimum Gasteiger partial charge on any atom is -0.490 e. The fourth-order valence-electron chi connectivity index (χ4n) is 2.19. The zero-order valence-corrected chi connectivity index (χ0v) is 12.3. The number of guanidine groups is 1. The van der Waals surface area contributed by atoms with Crippen LogP contribution in [0.3, 0.4) is 0 Å². The van der Waals surface area contributed by atoms with E-state index in [9.17, 15) is 0 Å². The van der Waals surface area contributed by atoms with Gasteiger partial charge in [-0.3, -0.25) is 0 Å². The van der Waals surface area contributed by atoms with Crippen LogP contribution in [-0.2, 0) is 6.54 Å². The van der Waals surface area contributed by atoms with E-state index in [4.69, 9.17) is 15.2 Å². The molecule has 114 valence electrons.